The van der Waals surface area contributed by atoms with Crippen molar-refractivity contribution in [2.75, 3.05) is 35.7 Å². The number of alkyl halides is 3. The fourth-order valence-corrected chi connectivity index (χ4v) is 3.32. The molecule has 3 aromatic carbocycles. The minimum atomic E-state index is -4.47. The molecule has 0 aliphatic heterocycles. The number of nitro groups is 1. The van der Waals surface area contributed by atoms with Crippen molar-refractivity contribution in [3.05, 3.63) is 88.5 Å². The molecule has 3 rings (SSSR count). The van der Waals surface area contributed by atoms with Gasteiger partial charge in [-0.25, -0.2) is 9.59 Å². The van der Waals surface area contributed by atoms with Crippen molar-refractivity contribution in [3.8, 4) is 5.75 Å². The van der Waals surface area contributed by atoms with Gasteiger partial charge < -0.3 is 20.7 Å². The van der Waals surface area contributed by atoms with Gasteiger partial charge in [0, 0.05) is 42.3 Å². The second-order valence-corrected chi connectivity index (χ2v) is 7.89. The van der Waals surface area contributed by atoms with Crippen molar-refractivity contribution in [2.45, 2.75) is 12.6 Å². The quantitative estimate of drug-likeness (QED) is 0.181. The lowest BCUT2D eigenvalue weighted by atomic mass is 10.2. The fourth-order valence-electron chi connectivity index (χ4n) is 3.32. The van der Waals surface area contributed by atoms with Gasteiger partial charge in [0.05, 0.1) is 17.6 Å². The van der Waals surface area contributed by atoms with E-state index in [2.05, 4.69) is 16.0 Å². The molecule has 0 spiro atoms. The molecular weight excluding hydrogens is 507 g/mol. The number of urea groups is 2. The van der Waals surface area contributed by atoms with Gasteiger partial charge in [-0.1, -0.05) is 0 Å². The molecule has 10 nitrogen and oxygen atoms in total. The molecule has 3 aromatic rings. The van der Waals surface area contributed by atoms with E-state index in [0.29, 0.717) is 23.5 Å². The van der Waals surface area contributed by atoms with Crippen molar-refractivity contribution >= 4 is 34.8 Å². The topological polar surface area (TPSA) is 126 Å². The third-order valence-corrected chi connectivity index (χ3v) is 5.27. The van der Waals surface area contributed by atoms with Gasteiger partial charge >= 0.3 is 18.2 Å². The van der Waals surface area contributed by atoms with Crippen molar-refractivity contribution in [3.63, 3.8) is 0 Å². The number of benzene rings is 3. The summed E-state index contributed by atoms with van der Waals surface area (Å²) in [4.78, 5) is 36.9. The van der Waals surface area contributed by atoms with Crippen LogP contribution in [0.2, 0.25) is 0 Å². The van der Waals surface area contributed by atoms with Gasteiger partial charge in [0.25, 0.3) is 5.69 Å². The molecule has 38 heavy (non-hydrogen) atoms. The number of carbonyl (C=O) groups excluding carboxylic acids is 2. The summed E-state index contributed by atoms with van der Waals surface area (Å²) in [6.07, 6.45) is -4.14. The molecule has 0 saturated carbocycles. The second-order valence-electron chi connectivity index (χ2n) is 7.89. The van der Waals surface area contributed by atoms with E-state index >= 15 is 0 Å². The summed E-state index contributed by atoms with van der Waals surface area (Å²) >= 11 is 0. The number of nitrogens with one attached hydrogen (secondary N) is 3. The first-order valence-electron chi connectivity index (χ1n) is 11.3. The summed E-state index contributed by atoms with van der Waals surface area (Å²) in [5.74, 6) is 0.589. The Balaban J connectivity index is 1.58. The van der Waals surface area contributed by atoms with Gasteiger partial charge in [-0.15, -0.1) is 0 Å². The first kappa shape index (κ1) is 27.8. The highest BCUT2D eigenvalue weighted by molar-refractivity contribution is 6.01. The summed E-state index contributed by atoms with van der Waals surface area (Å²) in [6.45, 7) is 0.343. The van der Waals surface area contributed by atoms with E-state index < -0.39 is 28.7 Å². The molecule has 0 atom stereocenters. The molecule has 0 saturated heterocycles. The van der Waals surface area contributed by atoms with E-state index in [-0.39, 0.29) is 24.5 Å². The SMILES string of the molecule is COc1ccc(N(CCCNC(=O)Nc2ccc(C(F)(F)F)cc2)C(=O)Nc2ccc([N+](=O)[O-])cc2)cc1. The highest BCUT2D eigenvalue weighted by Gasteiger charge is 2.30. The Morgan fingerprint density at radius 1 is 0.921 bits per heavy atom. The number of hydrogen-bond acceptors (Lipinski definition) is 5. The van der Waals surface area contributed by atoms with Crippen LogP contribution in [0.4, 0.5) is 45.5 Å². The van der Waals surface area contributed by atoms with E-state index in [1.165, 1.54) is 36.3 Å². The molecule has 0 aromatic heterocycles. The van der Waals surface area contributed by atoms with Crippen LogP contribution in [0.5, 0.6) is 5.75 Å². The molecule has 200 valence electrons. The molecule has 0 radical (unpaired) electrons. The number of non-ortho nitro benzene ring substituents is 1. The minimum Gasteiger partial charge on any atom is -0.497 e. The van der Waals surface area contributed by atoms with Crippen LogP contribution < -0.4 is 25.6 Å². The van der Waals surface area contributed by atoms with Gasteiger partial charge in [-0.3, -0.25) is 15.0 Å². The van der Waals surface area contributed by atoms with E-state index in [4.69, 9.17) is 4.74 Å². The van der Waals surface area contributed by atoms with Crippen molar-refractivity contribution in [1.82, 2.24) is 5.32 Å². The lowest BCUT2D eigenvalue weighted by Crippen LogP contribution is -2.38. The number of carbonyl (C=O) groups is 2. The predicted octanol–water partition coefficient (Wildman–Crippen LogP) is 5.87. The summed E-state index contributed by atoms with van der Waals surface area (Å²) in [5, 5.41) is 18.6. The zero-order valence-electron chi connectivity index (χ0n) is 20.1. The molecule has 13 heteroatoms. The lowest BCUT2D eigenvalue weighted by Gasteiger charge is -2.23. The molecule has 3 N–H and O–H groups in total. The van der Waals surface area contributed by atoms with Crippen molar-refractivity contribution < 1.29 is 32.4 Å². The maximum Gasteiger partial charge on any atom is 0.416 e. The van der Waals surface area contributed by atoms with E-state index in [9.17, 15) is 32.9 Å². The van der Waals surface area contributed by atoms with Crippen LogP contribution in [0.3, 0.4) is 0 Å². The van der Waals surface area contributed by atoms with E-state index in [0.717, 1.165) is 24.3 Å². The zero-order chi connectivity index (χ0) is 27.7. The molecule has 0 aliphatic carbocycles. The van der Waals surface area contributed by atoms with Gasteiger partial charge in [0.2, 0.25) is 0 Å². The number of anilines is 3. The Labute approximate surface area is 215 Å². The summed E-state index contributed by atoms with van der Waals surface area (Å²) < 4.78 is 43.2. The third kappa shape index (κ3) is 7.85. The Morgan fingerprint density at radius 2 is 1.50 bits per heavy atom. The smallest absolute Gasteiger partial charge is 0.416 e. The van der Waals surface area contributed by atoms with Crippen LogP contribution in [0.25, 0.3) is 0 Å². The van der Waals surface area contributed by atoms with Crippen molar-refractivity contribution in [2.24, 2.45) is 0 Å². The van der Waals surface area contributed by atoms with E-state index in [1.807, 2.05) is 0 Å². The fraction of sp³-hybridized carbons (Fsp3) is 0.200. The Hall–Kier alpha value is -4.81. The maximum absolute atomic E-state index is 13.0. The predicted molar refractivity (Wildman–Crippen MR) is 136 cm³/mol. The Kier molecular flexibility index (Phi) is 9.09. The lowest BCUT2D eigenvalue weighted by molar-refractivity contribution is -0.384. The Bertz CT molecular complexity index is 1250. The van der Waals surface area contributed by atoms with Crippen molar-refractivity contribution in [1.29, 1.82) is 0 Å². The van der Waals surface area contributed by atoms with Gasteiger partial charge in [0.15, 0.2) is 0 Å². The van der Waals surface area contributed by atoms with Gasteiger partial charge in [-0.2, -0.15) is 13.2 Å². The van der Waals surface area contributed by atoms with E-state index in [1.54, 1.807) is 24.3 Å². The number of ether oxygens (including phenoxy) is 1. The van der Waals surface area contributed by atoms with Crippen LogP contribution in [0, 0.1) is 10.1 Å². The number of nitro benzene ring substituents is 1. The van der Waals surface area contributed by atoms with Crippen LogP contribution in [0.15, 0.2) is 72.8 Å². The number of hydrogen-bond donors (Lipinski definition) is 3. The molecule has 0 aliphatic rings. The highest BCUT2D eigenvalue weighted by atomic mass is 19.4. The monoisotopic (exact) mass is 531 g/mol. The largest absolute Gasteiger partial charge is 0.497 e. The molecule has 0 bridgehead atoms. The van der Waals surface area contributed by atoms with Crippen LogP contribution in [0.1, 0.15) is 12.0 Å². The Morgan fingerprint density at radius 3 is 2.05 bits per heavy atom. The van der Waals surface area contributed by atoms with Gasteiger partial charge in [-0.05, 0) is 67.1 Å². The number of rotatable bonds is 9. The summed E-state index contributed by atoms with van der Waals surface area (Å²) in [7, 11) is 1.51. The first-order valence-corrected chi connectivity index (χ1v) is 11.3. The molecule has 0 heterocycles. The van der Waals surface area contributed by atoms with Gasteiger partial charge in [0.1, 0.15) is 5.75 Å². The van der Waals surface area contributed by atoms with Crippen LogP contribution >= 0.6 is 0 Å². The summed E-state index contributed by atoms with van der Waals surface area (Å²) in [6, 6.07) is 15.0. The number of methoxy groups -OCH3 is 1. The molecular formula is C25H24F3N5O5. The maximum atomic E-state index is 13.0. The minimum absolute atomic E-state index is 0.115. The first-order chi connectivity index (χ1) is 18.1. The van der Waals surface area contributed by atoms with Crippen LogP contribution in [-0.4, -0.2) is 37.2 Å². The number of nitrogens with zero attached hydrogens (tertiary/aromatic N) is 2. The highest BCUT2D eigenvalue weighted by Crippen LogP contribution is 2.29. The molecule has 4 amide bonds. The average Bonchev–Trinajstić information content (AvgIpc) is 2.89. The third-order valence-electron chi connectivity index (χ3n) is 5.27. The number of amides is 4. The molecule has 0 fully saturated rings. The zero-order valence-corrected chi connectivity index (χ0v) is 20.1. The standard InChI is InChI=1S/C25H24F3N5O5/c1-38-22-13-11-20(12-14-22)32(24(35)31-19-7-9-21(10-8-19)33(36)37)16-2-15-29-23(34)30-18-5-3-17(4-6-18)25(26,27)28/h3-14H,2,15-16H2,1H3,(H,31,35)(H2,29,30,34). The molecule has 0 unspecified atom stereocenters. The normalized spacial score (nSPS) is 10.8. The number of halogens is 3. The van der Waals surface area contributed by atoms with Crippen LogP contribution in [-0.2, 0) is 6.18 Å². The summed E-state index contributed by atoms with van der Waals surface area (Å²) in [5.41, 5.74) is 0.148. The second kappa shape index (κ2) is 12.4. The average molecular weight is 531 g/mol.